The molecular weight excluding hydrogens is 678 g/mol. The second-order valence-corrected chi connectivity index (χ2v) is 16.2. The molecule has 3 aromatic heterocycles. The van der Waals surface area contributed by atoms with Gasteiger partial charge < -0.3 is 9.80 Å². The molecule has 3 aliphatic heterocycles. The fraction of sp³-hybridized carbons (Fsp3) is 0.350. The van der Waals surface area contributed by atoms with Crippen molar-refractivity contribution in [2.24, 2.45) is 10.4 Å². The van der Waals surface area contributed by atoms with Crippen LogP contribution in [0.2, 0.25) is 5.02 Å². The van der Waals surface area contributed by atoms with E-state index in [9.17, 15) is 9.59 Å². The first-order valence-electron chi connectivity index (χ1n) is 17.6. The maximum Gasteiger partial charge on any atom is 0.225 e. The lowest BCUT2D eigenvalue weighted by Gasteiger charge is -2.26. The van der Waals surface area contributed by atoms with Crippen LogP contribution in [-0.2, 0) is 22.4 Å². The number of halogens is 1. The maximum absolute atomic E-state index is 14.2. The van der Waals surface area contributed by atoms with Crippen LogP contribution in [0.1, 0.15) is 69.6 Å². The predicted octanol–water partition coefficient (Wildman–Crippen LogP) is 7.05. The fourth-order valence-electron chi connectivity index (χ4n) is 8.52. The van der Waals surface area contributed by atoms with Gasteiger partial charge in [-0.2, -0.15) is 0 Å². The number of aromatic nitrogens is 4. The Morgan fingerprint density at radius 3 is 2.59 bits per heavy atom. The Kier molecular flexibility index (Phi) is 7.74. The molecule has 2 saturated heterocycles. The maximum atomic E-state index is 14.2. The number of likely N-dealkylation sites (tertiary alicyclic amines) is 1. The number of carbonyl (C=O) groups is 2. The molecular formula is C40H38ClN7O2S. The normalized spacial score (nSPS) is 20.8. The molecule has 258 valence electrons. The number of nitrogens with zero attached hydrogens (tertiary/aromatic N) is 7. The predicted molar refractivity (Wildman–Crippen MR) is 200 cm³/mol. The van der Waals surface area contributed by atoms with Crippen LogP contribution in [-0.4, -0.2) is 68.2 Å². The van der Waals surface area contributed by atoms with Crippen molar-refractivity contribution in [2.75, 3.05) is 31.1 Å². The molecule has 4 aliphatic rings. The van der Waals surface area contributed by atoms with Gasteiger partial charge in [0.15, 0.2) is 5.82 Å². The summed E-state index contributed by atoms with van der Waals surface area (Å²) in [5.41, 5.74) is 8.51. The van der Waals surface area contributed by atoms with Gasteiger partial charge in [0.1, 0.15) is 28.5 Å². The molecule has 1 unspecified atom stereocenters. The molecule has 0 radical (unpaired) electrons. The van der Waals surface area contributed by atoms with Gasteiger partial charge >= 0.3 is 0 Å². The largest absolute Gasteiger partial charge is 0.355 e. The number of ketones is 1. The van der Waals surface area contributed by atoms with Gasteiger partial charge in [-0.3, -0.25) is 19.1 Å². The van der Waals surface area contributed by atoms with Gasteiger partial charge in [-0.15, -0.1) is 21.5 Å². The zero-order chi connectivity index (χ0) is 35.0. The Labute approximate surface area is 306 Å². The highest BCUT2D eigenvalue weighted by Crippen LogP contribution is 2.44. The van der Waals surface area contributed by atoms with Gasteiger partial charge in [0.25, 0.3) is 0 Å². The van der Waals surface area contributed by atoms with E-state index < -0.39 is 6.04 Å². The van der Waals surface area contributed by atoms with Crippen LogP contribution < -0.4 is 4.90 Å². The van der Waals surface area contributed by atoms with Crippen molar-refractivity contribution in [3.8, 4) is 16.1 Å². The highest BCUT2D eigenvalue weighted by Gasteiger charge is 2.46. The molecule has 2 atom stereocenters. The molecule has 9 nitrogen and oxygen atoms in total. The number of rotatable bonds is 5. The number of pyridine rings is 1. The summed E-state index contributed by atoms with van der Waals surface area (Å²) in [4.78, 5) is 42.2. The third-order valence-corrected chi connectivity index (χ3v) is 12.8. The number of hydrogen-bond acceptors (Lipinski definition) is 8. The highest BCUT2D eigenvalue weighted by atomic mass is 35.5. The van der Waals surface area contributed by atoms with E-state index in [2.05, 4.69) is 57.8 Å². The van der Waals surface area contributed by atoms with Gasteiger partial charge in [-0.25, -0.2) is 4.98 Å². The summed E-state index contributed by atoms with van der Waals surface area (Å²) in [6.45, 7) is 9.40. The third-order valence-electron chi connectivity index (χ3n) is 11.3. The molecule has 2 fully saturated rings. The second-order valence-electron chi connectivity index (χ2n) is 14.6. The summed E-state index contributed by atoms with van der Waals surface area (Å²) in [6.07, 6.45) is 5.07. The number of hydrogen-bond donors (Lipinski definition) is 0. The Morgan fingerprint density at radius 1 is 0.961 bits per heavy atom. The Bertz CT molecular complexity index is 2270. The van der Waals surface area contributed by atoms with Crippen LogP contribution in [0.4, 0.5) is 5.82 Å². The Hall–Kier alpha value is -4.67. The minimum atomic E-state index is -0.487. The molecule has 1 spiro atoms. The molecule has 9 rings (SSSR count). The van der Waals surface area contributed by atoms with E-state index in [1.54, 1.807) is 11.3 Å². The smallest absolute Gasteiger partial charge is 0.225 e. The van der Waals surface area contributed by atoms with Gasteiger partial charge in [-0.1, -0.05) is 41.9 Å². The van der Waals surface area contributed by atoms with Crippen molar-refractivity contribution in [1.82, 2.24) is 24.6 Å². The molecule has 51 heavy (non-hydrogen) atoms. The number of Topliss-reactive ketones (excluding diaryl/α,β-unsaturated/α-hetero) is 1. The first kappa shape index (κ1) is 32.3. The van der Waals surface area contributed by atoms with Crippen LogP contribution in [0.3, 0.4) is 0 Å². The topological polar surface area (TPSA) is 96.6 Å². The van der Waals surface area contributed by atoms with Crippen LogP contribution in [0, 0.1) is 26.2 Å². The summed E-state index contributed by atoms with van der Waals surface area (Å²) in [7, 11) is 0. The number of amides is 1. The number of aliphatic imine (C=N–C) groups is 1. The van der Waals surface area contributed by atoms with Crippen molar-refractivity contribution >= 4 is 46.2 Å². The molecule has 2 aromatic carbocycles. The van der Waals surface area contributed by atoms with E-state index >= 15 is 0 Å². The molecule has 0 N–H and O–H groups in total. The number of thiophene rings is 1. The molecule has 6 heterocycles. The summed E-state index contributed by atoms with van der Waals surface area (Å²) in [5, 5.41) is 10.8. The SMILES string of the molecule is Cc1sc2c(c1C)C(c1ccc(Cl)cc1)=N[C@@H](CC(=O)N1CCC3(CCN(c4ncccc4-c4ccc5c(c4)CC(=O)C5)C3)C1)c1nnc(C)n1-2. The van der Waals surface area contributed by atoms with Crippen LogP contribution in [0.5, 0.6) is 0 Å². The van der Waals surface area contributed by atoms with Crippen molar-refractivity contribution < 1.29 is 9.59 Å². The first-order valence-corrected chi connectivity index (χ1v) is 18.8. The molecule has 1 amide bonds. The van der Waals surface area contributed by atoms with Crippen molar-refractivity contribution in [2.45, 2.75) is 58.9 Å². The van der Waals surface area contributed by atoms with Crippen molar-refractivity contribution in [1.29, 1.82) is 0 Å². The molecule has 5 aromatic rings. The van der Waals surface area contributed by atoms with Crippen molar-refractivity contribution in [3.63, 3.8) is 0 Å². The van der Waals surface area contributed by atoms with E-state index in [-0.39, 0.29) is 23.5 Å². The van der Waals surface area contributed by atoms with E-state index in [1.807, 2.05) is 48.4 Å². The summed E-state index contributed by atoms with van der Waals surface area (Å²) in [6, 6.07) is 17.8. The zero-order valence-corrected chi connectivity index (χ0v) is 30.5. The van der Waals surface area contributed by atoms with Crippen molar-refractivity contribution in [3.05, 3.63) is 110 Å². The van der Waals surface area contributed by atoms with E-state index in [4.69, 9.17) is 21.6 Å². The van der Waals surface area contributed by atoms with Crippen LogP contribution >= 0.6 is 22.9 Å². The lowest BCUT2D eigenvalue weighted by atomic mass is 9.86. The quantitative estimate of drug-likeness (QED) is 0.194. The summed E-state index contributed by atoms with van der Waals surface area (Å²) < 4.78 is 2.11. The average molecular weight is 716 g/mol. The Morgan fingerprint density at radius 2 is 1.75 bits per heavy atom. The second kappa shape index (κ2) is 12.2. The summed E-state index contributed by atoms with van der Waals surface area (Å²) in [5.74, 6) is 2.82. The molecule has 1 aliphatic carbocycles. The van der Waals surface area contributed by atoms with E-state index in [1.165, 1.54) is 10.4 Å². The minimum absolute atomic E-state index is 0.00537. The first-order chi connectivity index (χ1) is 24.7. The summed E-state index contributed by atoms with van der Waals surface area (Å²) >= 11 is 8.00. The number of aryl methyl sites for hydroxylation is 2. The standard InChI is InChI=1S/C40H38ClN7O2S/c1-23-24(2)51-39-35(23)36(26-8-10-30(41)11-9-26)43-33(38-45-44-25(3)48(38)39)20-34(50)46-15-12-40(21-46)13-16-47(22-40)37-32(5-4-14-42-37)28-7-6-27-18-31(49)19-29(27)17-28/h4-11,14,17,33H,12-13,15-16,18-22H2,1-3H3/t33-,40?/m0/s1. The average Bonchev–Trinajstić information content (AvgIpc) is 3.95. The van der Waals surface area contributed by atoms with Gasteiger partial charge in [0.2, 0.25) is 5.91 Å². The Balaban J connectivity index is 0.971. The van der Waals surface area contributed by atoms with Gasteiger partial charge in [-0.05, 0) is 80.1 Å². The number of anilines is 1. The number of carbonyl (C=O) groups excluding carboxylic acids is 2. The highest BCUT2D eigenvalue weighted by molar-refractivity contribution is 7.15. The molecule has 0 saturated carbocycles. The van der Waals surface area contributed by atoms with Crippen LogP contribution in [0.15, 0.2) is 65.8 Å². The molecule has 0 bridgehead atoms. The van der Waals surface area contributed by atoms with Gasteiger partial charge in [0, 0.05) is 77.2 Å². The lowest BCUT2D eigenvalue weighted by molar-refractivity contribution is -0.131. The third kappa shape index (κ3) is 5.51. The monoisotopic (exact) mass is 715 g/mol. The lowest BCUT2D eigenvalue weighted by Crippen LogP contribution is -2.35. The van der Waals surface area contributed by atoms with E-state index in [0.717, 1.165) is 88.2 Å². The number of benzene rings is 2. The zero-order valence-electron chi connectivity index (χ0n) is 28.9. The van der Waals surface area contributed by atoms with E-state index in [0.29, 0.717) is 30.2 Å². The number of fused-ring (bicyclic) bond motifs is 4. The van der Waals surface area contributed by atoms with Gasteiger partial charge in [0.05, 0.1) is 12.1 Å². The molecule has 11 heteroatoms. The van der Waals surface area contributed by atoms with Crippen LogP contribution in [0.25, 0.3) is 16.1 Å². The fourth-order valence-corrected chi connectivity index (χ4v) is 9.86. The minimum Gasteiger partial charge on any atom is -0.355 e.